The van der Waals surface area contributed by atoms with Crippen LogP contribution in [-0.4, -0.2) is 24.5 Å². The fraction of sp³-hybridized carbons (Fsp3) is 0.538. The van der Waals surface area contributed by atoms with E-state index in [1.165, 1.54) is 12.8 Å². The highest BCUT2D eigenvalue weighted by atomic mass is 16.1. The minimum atomic E-state index is -0.00964. The van der Waals surface area contributed by atoms with Gasteiger partial charge in [0.2, 0.25) is 5.91 Å². The molecule has 1 amide bonds. The largest absolute Gasteiger partial charge is 0.373 e. The molecule has 1 heterocycles. The number of unbranched alkanes of at least 4 members (excludes halogenated alkanes) is 1. The minimum absolute atomic E-state index is 0.00964. The molecule has 4 nitrogen and oxygen atoms in total. The molecule has 0 unspecified atom stereocenters. The van der Waals surface area contributed by atoms with Gasteiger partial charge < -0.3 is 10.2 Å². The van der Waals surface area contributed by atoms with E-state index in [2.05, 4.69) is 29.2 Å². The molecule has 1 aromatic heterocycles. The Hall–Kier alpha value is -1.58. The summed E-state index contributed by atoms with van der Waals surface area (Å²) >= 11 is 0. The highest BCUT2D eigenvalue weighted by molar-refractivity contribution is 5.89. The summed E-state index contributed by atoms with van der Waals surface area (Å²) in [5.41, 5.74) is 1.08. The maximum absolute atomic E-state index is 11.2. The highest BCUT2D eigenvalue weighted by Crippen LogP contribution is 2.14. The summed E-state index contributed by atoms with van der Waals surface area (Å²) in [6, 6.07) is 3.82. The normalized spacial score (nSPS) is 10.1. The zero-order valence-electron chi connectivity index (χ0n) is 10.9. The Morgan fingerprint density at radius 2 is 2.18 bits per heavy atom. The second-order valence-corrected chi connectivity index (χ2v) is 4.08. The van der Waals surface area contributed by atoms with E-state index in [1.807, 2.05) is 19.1 Å². The summed E-state index contributed by atoms with van der Waals surface area (Å²) in [4.78, 5) is 17.6. The van der Waals surface area contributed by atoms with E-state index in [0.29, 0.717) is 12.2 Å². The monoisotopic (exact) mass is 235 g/mol. The van der Waals surface area contributed by atoms with Crippen LogP contribution in [0.2, 0.25) is 0 Å². The van der Waals surface area contributed by atoms with Crippen LogP contribution in [0.3, 0.4) is 0 Å². The van der Waals surface area contributed by atoms with Crippen LogP contribution in [-0.2, 0) is 4.79 Å². The predicted octanol–water partition coefficient (Wildman–Crippen LogP) is 2.67. The maximum Gasteiger partial charge on any atom is 0.225 e. The van der Waals surface area contributed by atoms with Crippen molar-refractivity contribution in [2.24, 2.45) is 0 Å². The van der Waals surface area contributed by atoms with Gasteiger partial charge in [0.25, 0.3) is 0 Å². The van der Waals surface area contributed by atoms with Crippen LogP contribution in [0.5, 0.6) is 0 Å². The van der Waals surface area contributed by atoms with Crippen LogP contribution in [0.15, 0.2) is 18.3 Å². The molecule has 0 saturated heterocycles. The number of hydrogen-bond acceptors (Lipinski definition) is 3. The molecular formula is C13H21N3O. The standard InChI is InChI=1S/C13H21N3O/c1-4-6-9-16(3)11-7-8-12(14-10-11)15-13(17)5-2/h7-8,10H,4-6,9H2,1-3H3,(H,14,15,17). The number of amides is 1. The van der Waals surface area contributed by atoms with Crippen LogP contribution in [0.25, 0.3) is 0 Å². The van der Waals surface area contributed by atoms with E-state index in [4.69, 9.17) is 0 Å². The molecule has 1 aromatic rings. The first-order valence-electron chi connectivity index (χ1n) is 6.14. The van der Waals surface area contributed by atoms with E-state index < -0.39 is 0 Å². The fourth-order valence-corrected chi connectivity index (χ4v) is 1.44. The number of carbonyl (C=O) groups is 1. The Morgan fingerprint density at radius 3 is 2.71 bits per heavy atom. The number of nitrogens with one attached hydrogen (secondary N) is 1. The van der Waals surface area contributed by atoms with Gasteiger partial charge in [0, 0.05) is 20.0 Å². The highest BCUT2D eigenvalue weighted by Gasteiger charge is 2.03. The third-order valence-electron chi connectivity index (χ3n) is 2.62. The molecule has 17 heavy (non-hydrogen) atoms. The summed E-state index contributed by atoms with van der Waals surface area (Å²) in [6.45, 7) is 5.02. The van der Waals surface area contributed by atoms with Crippen LogP contribution in [0, 0.1) is 0 Å². The molecule has 0 atom stereocenters. The van der Waals surface area contributed by atoms with Crippen LogP contribution in [0.1, 0.15) is 33.1 Å². The third-order valence-corrected chi connectivity index (χ3v) is 2.62. The lowest BCUT2D eigenvalue weighted by Crippen LogP contribution is -2.18. The van der Waals surface area contributed by atoms with E-state index >= 15 is 0 Å². The molecule has 0 aliphatic heterocycles. The fourth-order valence-electron chi connectivity index (χ4n) is 1.44. The molecule has 0 saturated carbocycles. The molecule has 0 fully saturated rings. The van der Waals surface area contributed by atoms with Crippen molar-refractivity contribution in [2.45, 2.75) is 33.1 Å². The van der Waals surface area contributed by atoms with Crippen LogP contribution >= 0.6 is 0 Å². The topological polar surface area (TPSA) is 45.2 Å². The molecule has 0 aromatic carbocycles. The van der Waals surface area contributed by atoms with Crippen molar-refractivity contribution in [3.8, 4) is 0 Å². The maximum atomic E-state index is 11.2. The first-order chi connectivity index (χ1) is 8.17. The Labute approximate surface area is 103 Å². The van der Waals surface area contributed by atoms with Gasteiger partial charge in [0.15, 0.2) is 0 Å². The summed E-state index contributed by atoms with van der Waals surface area (Å²) in [6.07, 6.45) is 4.62. The number of anilines is 2. The first-order valence-corrected chi connectivity index (χ1v) is 6.14. The minimum Gasteiger partial charge on any atom is -0.373 e. The van der Waals surface area contributed by atoms with Gasteiger partial charge in [-0.2, -0.15) is 0 Å². The molecule has 94 valence electrons. The lowest BCUT2D eigenvalue weighted by molar-refractivity contribution is -0.115. The smallest absolute Gasteiger partial charge is 0.225 e. The van der Waals surface area contributed by atoms with Gasteiger partial charge in [-0.1, -0.05) is 20.3 Å². The number of pyridine rings is 1. The van der Waals surface area contributed by atoms with Gasteiger partial charge in [-0.3, -0.25) is 4.79 Å². The van der Waals surface area contributed by atoms with Gasteiger partial charge >= 0.3 is 0 Å². The molecule has 0 radical (unpaired) electrons. The van der Waals surface area contributed by atoms with Gasteiger partial charge in [0.1, 0.15) is 5.82 Å². The van der Waals surface area contributed by atoms with E-state index in [0.717, 1.165) is 12.2 Å². The van der Waals surface area contributed by atoms with E-state index in [1.54, 1.807) is 6.20 Å². The molecular weight excluding hydrogens is 214 g/mol. The molecule has 0 bridgehead atoms. The average Bonchev–Trinajstić information content (AvgIpc) is 2.36. The van der Waals surface area contributed by atoms with Crippen molar-refractivity contribution < 1.29 is 4.79 Å². The molecule has 0 spiro atoms. The Kier molecular flexibility index (Phi) is 5.46. The lowest BCUT2D eigenvalue weighted by Gasteiger charge is -2.18. The number of hydrogen-bond donors (Lipinski definition) is 1. The molecule has 1 rings (SSSR count). The quantitative estimate of drug-likeness (QED) is 0.824. The van der Waals surface area contributed by atoms with E-state index in [9.17, 15) is 4.79 Å². The molecule has 4 heteroatoms. The Balaban J connectivity index is 2.57. The van der Waals surface area contributed by atoms with Gasteiger partial charge in [-0.15, -0.1) is 0 Å². The zero-order valence-corrected chi connectivity index (χ0v) is 10.9. The number of nitrogens with zero attached hydrogens (tertiary/aromatic N) is 2. The summed E-state index contributed by atoms with van der Waals surface area (Å²) in [5.74, 6) is 0.606. The number of aromatic nitrogens is 1. The van der Waals surface area contributed by atoms with E-state index in [-0.39, 0.29) is 5.91 Å². The van der Waals surface area contributed by atoms with Gasteiger partial charge in [0.05, 0.1) is 11.9 Å². The third kappa shape index (κ3) is 4.43. The number of carbonyl (C=O) groups excluding carboxylic acids is 1. The lowest BCUT2D eigenvalue weighted by atomic mass is 10.3. The van der Waals surface area contributed by atoms with Crippen molar-refractivity contribution >= 4 is 17.4 Å². The SMILES string of the molecule is CCCCN(C)c1ccc(NC(=O)CC)nc1. The predicted molar refractivity (Wildman–Crippen MR) is 71.3 cm³/mol. The van der Waals surface area contributed by atoms with Crippen molar-refractivity contribution in [1.82, 2.24) is 4.98 Å². The summed E-state index contributed by atoms with van der Waals surface area (Å²) in [5, 5.41) is 2.73. The summed E-state index contributed by atoms with van der Waals surface area (Å²) in [7, 11) is 2.05. The Morgan fingerprint density at radius 1 is 1.41 bits per heavy atom. The second-order valence-electron chi connectivity index (χ2n) is 4.08. The first kappa shape index (κ1) is 13.5. The van der Waals surface area contributed by atoms with Gasteiger partial charge in [-0.05, 0) is 18.6 Å². The van der Waals surface area contributed by atoms with Crippen molar-refractivity contribution in [1.29, 1.82) is 0 Å². The van der Waals surface area contributed by atoms with Crippen LogP contribution in [0.4, 0.5) is 11.5 Å². The van der Waals surface area contributed by atoms with Crippen LogP contribution < -0.4 is 10.2 Å². The van der Waals surface area contributed by atoms with Crippen molar-refractivity contribution in [2.75, 3.05) is 23.8 Å². The van der Waals surface area contributed by atoms with Crippen molar-refractivity contribution in [3.05, 3.63) is 18.3 Å². The number of rotatable bonds is 6. The zero-order chi connectivity index (χ0) is 12.7. The van der Waals surface area contributed by atoms with Gasteiger partial charge in [-0.25, -0.2) is 4.98 Å². The molecule has 0 aliphatic carbocycles. The molecule has 0 aliphatic rings. The average molecular weight is 235 g/mol. The van der Waals surface area contributed by atoms with Crippen molar-refractivity contribution in [3.63, 3.8) is 0 Å². The molecule has 1 N–H and O–H groups in total. The second kappa shape index (κ2) is 6.89. The summed E-state index contributed by atoms with van der Waals surface area (Å²) < 4.78 is 0. The Bertz CT molecular complexity index is 348.